The Morgan fingerprint density at radius 1 is 1.38 bits per heavy atom. The number of aryl methyl sites for hydroxylation is 2. The maximum atomic E-state index is 11.4. The monoisotopic (exact) mass is 172 g/mol. The molecule has 1 aromatic carbocycles. The molecule has 1 nitrogen and oxygen atoms in total. The Morgan fingerprint density at radius 3 is 2.62 bits per heavy atom. The highest BCUT2D eigenvalue weighted by Gasteiger charge is 2.04. The van der Waals surface area contributed by atoms with Crippen LogP contribution in [0, 0.1) is 26.2 Å². The number of Topliss-reactive ketones (excluding diaryl/α,β-unsaturated/α-hetero) is 1. The lowest BCUT2D eigenvalue weighted by atomic mass is 10.0. The van der Waals surface area contributed by atoms with E-state index in [1.54, 1.807) is 0 Å². The summed E-state index contributed by atoms with van der Waals surface area (Å²) in [6.45, 7) is 4.01. The van der Waals surface area contributed by atoms with E-state index in [4.69, 9.17) is 6.42 Å². The summed E-state index contributed by atoms with van der Waals surface area (Å²) in [4.78, 5) is 11.4. The van der Waals surface area contributed by atoms with Crippen LogP contribution in [0.15, 0.2) is 18.2 Å². The van der Waals surface area contributed by atoms with Gasteiger partial charge in [-0.25, -0.2) is 0 Å². The molecule has 0 amide bonds. The van der Waals surface area contributed by atoms with Gasteiger partial charge in [0.25, 0.3) is 0 Å². The zero-order valence-corrected chi connectivity index (χ0v) is 7.92. The number of hydrogen-bond donors (Lipinski definition) is 0. The fourth-order valence-corrected chi connectivity index (χ4v) is 1.11. The predicted molar refractivity (Wildman–Crippen MR) is 53.7 cm³/mol. The van der Waals surface area contributed by atoms with Crippen LogP contribution in [0.25, 0.3) is 0 Å². The average molecular weight is 172 g/mol. The Kier molecular flexibility index (Phi) is 2.87. The summed E-state index contributed by atoms with van der Waals surface area (Å²) in [5, 5.41) is 0. The second-order valence-corrected chi connectivity index (χ2v) is 3.10. The highest BCUT2D eigenvalue weighted by molar-refractivity contribution is 5.97. The van der Waals surface area contributed by atoms with Crippen molar-refractivity contribution in [1.82, 2.24) is 0 Å². The van der Waals surface area contributed by atoms with Gasteiger partial charge < -0.3 is 0 Å². The smallest absolute Gasteiger partial charge is 0.174 e. The largest absolute Gasteiger partial charge is 0.293 e. The maximum Gasteiger partial charge on any atom is 0.174 e. The van der Waals surface area contributed by atoms with Gasteiger partial charge in [-0.15, -0.1) is 6.42 Å². The standard InChI is InChI=1S/C12H12O/c1-4-5-12(13)11-7-6-9(2)10(3)8-11/h1,6-8H,5H2,2-3H3. The molecular formula is C12H12O. The molecule has 0 bridgehead atoms. The van der Waals surface area contributed by atoms with E-state index in [0.29, 0.717) is 5.56 Å². The fraction of sp³-hybridized carbons (Fsp3) is 0.250. The number of hydrogen-bond acceptors (Lipinski definition) is 1. The van der Waals surface area contributed by atoms with Gasteiger partial charge in [-0.05, 0) is 31.0 Å². The highest BCUT2D eigenvalue weighted by Crippen LogP contribution is 2.11. The van der Waals surface area contributed by atoms with Crippen molar-refractivity contribution in [3.63, 3.8) is 0 Å². The first-order valence-corrected chi connectivity index (χ1v) is 4.19. The van der Waals surface area contributed by atoms with Crippen molar-refractivity contribution in [3.8, 4) is 12.3 Å². The number of rotatable bonds is 2. The van der Waals surface area contributed by atoms with Crippen LogP contribution in [-0.2, 0) is 0 Å². The Labute approximate surface area is 78.8 Å². The predicted octanol–water partition coefficient (Wildman–Crippen LogP) is 2.51. The Hall–Kier alpha value is -1.55. The molecule has 0 saturated heterocycles. The summed E-state index contributed by atoms with van der Waals surface area (Å²) < 4.78 is 0. The summed E-state index contributed by atoms with van der Waals surface area (Å²) in [7, 11) is 0. The fourth-order valence-electron chi connectivity index (χ4n) is 1.11. The van der Waals surface area contributed by atoms with Crippen molar-refractivity contribution in [2.75, 3.05) is 0 Å². The van der Waals surface area contributed by atoms with E-state index in [1.165, 1.54) is 5.56 Å². The van der Waals surface area contributed by atoms with E-state index in [9.17, 15) is 4.79 Å². The minimum absolute atomic E-state index is 0.0191. The molecule has 1 rings (SSSR count). The number of benzene rings is 1. The van der Waals surface area contributed by atoms with E-state index in [1.807, 2.05) is 32.0 Å². The second kappa shape index (κ2) is 3.91. The first kappa shape index (κ1) is 9.54. The van der Waals surface area contributed by atoms with Crippen LogP contribution in [0.2, 0.25) is 0 Å². The van der Waals surface area contributed by atoms with Gasteiger partial charge in [0.1, 0.15) is 0 Å². The number of carbonyl (C=O) groups is 1. The highest BCUT2D eigenvalue weighted by atomic mass is 16.1. The zero-order chi connectivity index (χ0) is 9.84. The van der Waals surface area contributed by atoms with Gasteiger partial charge in [0.2, 0.25) is 0 Å². The molecular weight excluding hydrogens is 160 g/mol. The third-order valence-corrected chi connectivity index (χ3v) is 2.09. The van der Waals surface area contributed by atoms with Gasteiger partial charge in [0.05, 0.1) is 6.42 Å². The van der Waals surface area contributed by atoms with Crippen LogP contribution in [0.5, 0.6) is 0 Å². The molecule has 1 heteroatoms. The molecule has 0 unspecified atom stereocenters. The molecule has 0 spiro atoms. The molecule has 0 saturated carbocycles. The number of ketones is 1. The van der Waals surface area contributed by atoms with Crippen molar-refractivity contribution in [3.05, 3.63) is 34.9 Å². The Balaban J connectivity index is 2.98. The summed E-state index contributed by atoms with van der Waals surface area (Å²) in [6.07, 6.45) is 5.25. The molecule has 0 N–H and O–H groups in total. The van der Waals surface area contributed by atoms with E-state index >= 15 is 0 Å². The SMILES string of the molecule is C#CCC(=O)c1ccc(C)c(C)c1. The van der Waals surface area contributed by atoms with E-state index in [0.717, 1.165) is 5.56 Å². The van der Waals surface area contributed by atoms with Gasteiger partial charge in [0.15, 0.2) is 5.78 Å². The van der Waals surface area contributed by atoms with Crippen molar-refractivity contribution in [2.45, 2.75) is 20.3 Å². The van der Waals surface area contributed by atoms with Gasteiger partial charge in [-0.3, -0.25) is 4.79 Å². The summed E-state index contributed by atoms with van der Waals surface area (Å²) in [5.41, 5.74) is 3.03. The quantitative estimate of drug-likeness (QED) is 0.495. The molecule has 0 aliphatic rings. The minimum Gasteiger partial charge on any atom is -0.293 e. The zero-order valence-electron chi connectivity index (χ0n) is 7.92. The molecule has 0 atom stereocenters. The third-order valence-electron chi connectivity index (χ3n) is 2.09. The second-order valence-electron chi connectivity index (χ2n) is 3.10. The van der Waals surface area contributed by atoms with E-state index in [2.05, 4.69) is 5.92 Å². The van der Waals surface area contributed by atoms with Crippen LogP contribution in [0.4, 0.5) is 0 Å². The molecule has 0 aromatic heterocycles. The van der Waals surface area contributed by atoms with Crippen molar-refractivity contribution in [1.29, 1.82) is 0 Å². The third kappa shape index (κ3) is 2.19. The van der Waals surface area contributed by atoms with Gasteiger partial charge >= 0.3 is 0 Å². The van der Waals surface area contributed by atoms with Gasteiger partial charge in [0, 0.05) is 5.56 Å². The lowest BCUT2D eigenvalue weighted by Crippen LogP contribution is -1.98. The van der Waals surface area contributed by atoms with Gasteiger partial charge in [-0.2, -0.15) is 0 Å². The number of terminal acetylenes is 1. The van der Waals surface area contributed by atoms with Crippen LogP contribution >= 0.6 is 0 Å². The summed E-state index contributed by atoms with van der Waals surface area (Å²) in [5.74, 6) is 2.37. The first-order chi connectivity index (χ1) is 6.15. The van der Waals surface area contributed by atoms with Crippen LogP contribution < -0.4 is 0 Å². The summed E-state index contributed by atoms with van der Waals surface area (Å²) in [6, 6.07) is 5.65. The topological polar surface area (TPSA) is 17.1 Å². The van der Waals surface area contributed by atoms with Crippen LogP contribution in [0.3, 0.4) is 0 Å². The Morgan fingerprint density at radius 2 is 2.08 bits per heavy atom. The number of carbonyl (C=O) groups excluding carboxylic acids is 1. The van der Waals surface area contributed by atoms with Crippen molar-refractivity contribution in [2.24, 2.45) is 0 Å². The van der Waals surface area contributed by atoms with Crippen LogP contribution in [-0.4, -0.2) is 5.78 Å². The molecule has 0 aliphatic heterocycles. The molecule has 13 heavy (non-hydrogen) atoms. The molecule has 0 radical (unpaired) electrons. The van der Waals surface area contributed by atoms with Gasteiger partial charge in [-0.1, -0.05) is 18.1 Å². The van der Waals surface area contributed by atoms with Crippen molar-refractivity contribution < 1.29 is 4.79 Å². The average Bonchev–Trinajstić information content (AvgIpc) is 2.10. The molecule has 0 fully saturated rings. The maximum absolute atomic E-state index is 11.4. The molecule has 1 aromatic rings. The summed E-state index contributed by atoms with van der Waals surface area (Å²) >= 11 is 0. The first-order valence-electron chi connectivity index (χ1n) is 4.19. The van der Waals surface area contributed by atoms with Crippen LogP contribution in [0.1, 0.15) is 27.9 Å². The lowest BCUT2D eigenvalue weighted by Gasteiger charge is -2.02. The van der Waals surface area contributed by atoms with Crippen molar-refractivity contribution >= 4 is 5.78 Å². The molecule has 66 valence electrons. The molecule has 0 heterocycles. The van der Waals surface area contributed by atoms with E-state index in [-0.39, 0.29) is 12.2 Å². The van der Waals surface area contributed by atoms with E-state index < -0.39 is 0 Å². The minimum atomic E-state index is 0.0191. The normalized spacial score (nSPS) is 9.31. The lowest BCUT2D eigenvalue weighted by molar-refractivity contribution is 0.0998. The molecule has 0 aliphatic carbocycles. The Bertz CT molecular complexity index is 369.